The number of aromatic nitrogens is 1. The number of rotatable bonds is 9. The van der Waals surface area contributed by atoms with Crippen LogP contribution in [0.1, 0.15) is 49.6 Å². The van der Waals surface area contributed by atoms with Gasteiger partial charge in [0, 0.05) is 21.0 Å². The van der Waals surface area contributed by atoms with Gasteiger partial charge in [0.2, 0.25) is 0 Å². The zero-order valence-corrected chi connectivity index (χ0v) is 26.3. The second-order valence-corrected chi connectivity index (χ2v) is 12.4. The van der Waals surface area contributed by atoms with Crippen LogP contribution < -0.4 is 19.6 Å². The summed E-state index contributed by atoms with van der Waals surface area (Å²) in [5, 5.41) is 0.722. The number of nitrogens with zero attached hydrogens (tertiary/aromatic N) is 2. The number of thiazole rings is 1. The minimum atomic E-state index is -0.772. The number of carbonyl (C=O) groups is 1. The van der Waals surface area contributed by atoms with Gasteiger partial charge in [-0.25, -0.2) is 9.79 Å². The summed E-state index contributed by atoms with van der Waals surface area (Å²) in [6, 6.07) is 16.7. The fourth-order valence-electron chi connectivity index (χ4n) is 4.65. The smallest absolute Gasteiger partial charge is 0.338 e. The van der Waals surface area contributed by atoms with Crippen LogP contribution in [0.4, 0.5) is 0 Å². The summed E-state index contributed by atoms with van der Waals surface area (Å²) in [5.74, 6) is 0.612. The molecule has 0 saturated heterocycles. The lowest BCUT2D eigenvalue weighted by molar-refractivity contribution is -0.139. The predicted molar refractivity (Wildman–Crippen MR) is 164 cm³/mol. The van der Waals surface area contributed by atoms with E-state index in [1.807, 2.05) is 56.3 Å². The van der Waals surface area contributed by atoms with Crippen molar-refractivity contribution >= 4 is 51.1 Å². The molecule has 0 amide bonds. The van der Waals surface area contributed by atoms with Gasteiger partial charge in [-0.3, -0.25) is 9.36 Å². The number of fused-ring (bicyclic) bond motifs is 1. The third kappa shape index (κ3) is 6.14. The molecule has 0 N–H and O–H groups in total. The number of halogens is 1. The first kappa shape index (κ1) is 29.2. The fraction of sp³-hybridized carbons (Fsp3) is 0.258. The van der Waals surface area contributed by atoms with Gasteiger partial charge in [0.1, 0.15) is 17.6 Å². The van der Waals surface area contributed by atoms with Crippen molar-refractivity contribution in [2.24, 2.45) is 4.99 Å². The van der Waals surface area contributed by atoms with Gasteiger partial charge in [-0.15, -0.1) is 0 Å². The molecule has 1 aliphatic rings. The lowest BCUT2D eigenvalue weighted by atomic mass is 9.93. The highest BCUT2D eigenvalue weighted by Gasteiger charge is 2.36. The van der Waals surface area contributed by atoms with E-state index in [0.29, 0.717) is 44.1 Å². The maximum Gasteiger partial charge on any atom is 0.338 e. The van der Waals surface area contributed by atoms with Crippen LogP contribution in [0.15, 0.2) is 94.5 Å². The molecule has 1 atom stereocenters. The summed E-state index contributed by atoms with van der Waals surface area (Å²) in [6.07, 6.45) is 3.06. The Morgan fingerprint density at radius 1 is 1.17 bits per heavy atom. The Morgan fingerprint density at radius 3 is 2.66 bits per heavy atom. The van der Waals surface area contributed by atoms with E-state index < -0.39 is 12.0 Å². The van der Waals surface area contributed by atoms with Gasteiger partial charge < -0.3 is 13.9 Å². The maximum absolute atomic E-state index is 14.0. The van der Waals surface area contributed by atoms with E-state index >= 15 is 0 Å². The molecule has 2 aromatic carbocycles. The monoisotopic (exact) mass is 652 g/mol. The molecule has 41 heavy (non-hydrogen) atoms. The van der Waals surface area contributed by atoms with Crippen LogP contribution in [0.5, 0.6) is 5.75 Å². The summed E-state index contributed by atoms with van der Waals surface area (Å²) in [4.78, 5) is 33.8. The number of benzene rings is 2. The number of carbonyl (C=O) groups excluding carboxylic acids is 1. The van der Waals surface area contributed by atoms with Crippen molar-refractivity contribution in [2.45, 2.75) is 49.6 Å². The Kier molecular flexibility index (Phi) is 9.01. The molecule has 10 heteroatoms. The molecule has 3 heterocycles. The van der Waals surface area contributed by atoms with E-state index in [0.717, 1.165) is 20.9 Å². The number of hydrogen-bond acceptors (Lipinski definition) is 8. The molecule has 0 radical (unpaired) electrons. The lowest BCUT2D eigenvalue weighted by Gasteiger charge is -2.27. The first-order chi connectivity index (χ1) is 19.8. The van der Waals surface area contributed by atoms with Gasteiger partial charge in [-0.1, -0.05) is 70.1 Å². The van der Waals surface area contributed by atoms with E-state index in [1.54, 1.807) is 24.7 Å². The molecule has 0 saturated carbocycles. The normalized spacial score (nSPS) is 15.0. The minimum Gasteiger partial charge on any atom is -0.496 e. The van der Waals surface area contributed by atoms with E-state index in [9.17, 15) is 9.59 Å². The first-order valence-corrected chi connectivity index (χ1v) is 15.6. The van der Waals surface area contributed by atoms with Crippen molar-refractivity contribution in [3.63, 3.8) is 0 Å². The molecule has 2 aromatic heterocycles. The number of furan rings is 1. The van der Waals surface area contributed by atoms with Gasteiger partial charge in [0.25, 0.3) is 5.56 Å². The summed E-state index contributed by atoms with van der Waals surface area (Å²) in [5.41, 5.74) is 2.54. The van der Waals surface area contributed by atoms with Crippen LogP contribution in [-0.2, 0) is 9.53 Å². The summed E-state index contributed by atoms with van der Waals surface area (Å²) < 4.78 is 20.0. The SMILES string of the molecule is CCCC1=C(C(=O)OCC)[C@H](c2cc(Br)ccc2OC)n2c(s/c(=C/c3ccc(Sc4ccc(C)cc4)o3)c2=O)=N1. The molecule has 7 nitrogen and oxygen atoms in total. The van der Waals surface area contributed by atoms with Crippen molar-refractivity contribution in [2.75, 3.05) is 13.7 Å². The van der Waals surface area contributed by atoms with Crippen molar-refractivity contribution in [3.05, 3.63) is 107 Å². The van der Waals surface area contributed by atoms with Crippen molar-refractivity contribution in [1.82, 2.24) is 4.57 Å². The van der Waals surface area contributed by atoms with Crippen molar-refractivity contribution in [3.8, 4) is 5.75 Å². The molecule has 0 fully saturated rings. The Bertz CT molecular complexity index is 1800. The average molecular weight is 654 g/mol. The van der Waals surface area contributed by atoms with Gasteiger partial charge >= 0.3 is 5.97 Å². The summed E-state index contributed by atoms with van der Waals surface area (Å²) in [7, 11) is 1.57. The van der Waals surface area contributed by atoms with E-state index in [2.05, 4.69) is 28.1 Å². The Hall–Kier alpha value is -3.34. The first-order valence-electron chi connectivity index (χ1n) is 13.2. The number of methoxy groups -OCH3 is 1. The van der Waals surface area contributed by atoms with Crippen LogP contribution in [0.2, 0.25) is 0 Å². The molecular formula is C31H29BrN2O5S2. The third-order valence-electron chi connectivity index (χ3n) is 6.49. The van der Waals surface area contributed by atoms with Gasteiger partial charge in [0.15, 0.2) is 9.89 Å². The second kappa shape index (κ2) is 12.7. The zero-order chi connectivity index (χ0) is 29.1. The summed E-state index contributed by atoms with van der Waals surface area (Å²) >= 11 is 6.33. The Balaban J connectivity index is 1.65. The van der Waals surface area contributed by atoms with Gasteiger partial charge in [0.05, 0.1) is 29.5 Å². The molecule has 4 aromatic rings. The summed E-state index contributed by atoms with van der Waals surface area (Å²) in [6.45, 7) is 6.04. The molecule has 5 rings (SSSR count). The highest BCUT2D eigenvalue weighted by molar-refractivity contribution is 9.10. The molecule has 0 bridgehead atoms. The van der Waals surface area contributed by atoms with Crippen LogP contribution in [0.25, 0.3) is 6.08 Å². The molecule has 0 unspecified atom stereocenters. The minimum absolute atomic E-state index is 0.204. The van der Waals surface area contributed by atoms with E-state index in [-0.39, 0.29) is 12.2 Å². The number of allylic oxidation sites excluding steroid dienone is 1. The third-order valence-corrected chi connectivity index (χ3v) is 8.90. The largest absolute Gasteiger partial charge is 0.496 e. The van der Waals surface area contributed by atoms with Crippen molar-refractivity contribution in [1.29, 1.82) is 0 Å². The molecule has 0 spiro atoms. The standard InChI is InChI=1S/C31H29BrN2O5S2/c1-5-7-23-27(30(36)38-6-2)28(22-16-19(32)10-14-24(22)37-4)34-29(35)25(41-31(34)33-23)17-20-11-15-26(39-20)40-21-12-8-18(3)9-13-21/h8-17,28H,5-7H2,1-4H3/b25-17+/t28-/m0/s1. The van der Waals surface area contributed by atoms with Gasteiger partial charge in [-0.2, -0.15) is 0 Å². The highest BCUT2D eigenvalue weighted by atomic mass is 79.9. The average Bonchev–Trinajstić information content (AvgIpc) is 3.52. The highest BCUT2D eigenvalue weighted by Crippen LogP contribution is 2.38. The quantitative estimate of drug-likeness (QED) is 0.195. The number of aryl methyl sites for hydroxylation is 1. The molecule has 0 aliphatic carbocycles. The van der Waals surface area contributed by atoms with Crippen LogP contribution >= 0.6 is 39.0 Å². The van der Waals surface area contributed by atoms with Crippen LogP contribution in [-0.4, -0.2) is 24.3 Å². The van der Waals surface area contributed by atoms with Crippen LogP contribution in [0.3, 0.4) is 0 Å². The maximum atomic E-state index is 14.0. The molecule has 212 valence electrons. The Labute approximate surface area is 254 Å². The lowest BCUT2D eigenvalue weighted by Crippen LogP contribution is -2.40. The predicted octanol–water partition coefficient (Wildman–Crippen LogP) is 6.40. The van der Waals surface area contributed by atoms with Crippen molar-refractivity contribution < 1.29 is 18.7 Å². The topological polar surface area (TPSA) is 83.0 Å². The number of esters is 1. The molecule has 1 aliphatic heterocycles. The van der Waals surface area contributed by atoms with E-state index in [1.165, 1.54) is 28.7 Å². The fourth-order valence-corrected chi connectivity index (χ4v) is 6.81. The Morgan fingerprint density at radius 2 is 1.95 bits per heavy atom. The molecular weight excluding hydrogens is 624 g/mol. The van der Waals surface area contributed by atoms with Gasteiger partial charge in [-0.05, 0) is 62.7 Å². The van der Waals surface area contributed by atoms with Crippen LogP contribution in [0, 0.1) is 6.92 Å². The number of ether oxygens (including phenoxy) is 2. The number of hydrogen-bond donors (Lipinski definition) is 0. The van der Waals surface area contributed by atoms with E-state index in [4.69, 9.17) is 18.9 Å². The second-order valence-electron chi connectivity index (χ2n) is 9.37. The zero-order valence-electron chi connectivity index (χ0n) is 23.1.